The lowest BCUT2D eigenvalue weighted by Crippen LogP contribution is -2.61. The van der Waals surface area contributed by atoms with Gasteiger partial charge in [0, 0.05) is 26.2 Å². The van der Waals surface area contributed by atoms with Crippen LogP contribution in [0, 0.1) is 5.92 Å². The van der Waals surface area contributed by atoms with Gasteiger partial charge < -0.3 is 21.1 Å². The largest absolute Gasteiger partial charge is 0.376 e. The highest BCUT2D eigenvalue weighted by Gasteiger charge is 2.47. The molecule has 0 aromatic heterocycles. The molecule has 0 aromatic carbocycles. The smallest absolute Gasteiger partial charge is 0.229 e. The molecule has 3 fully saturated rings. The van der Waals surface area contributed by atoms with Gasteiger partial charge in [0.15, 0.2) is 0 Å². The first-order valence-corrected chi connectivity index (χ1v) is 8.82. The van der Waals surface area contributed by atoms with Crippen LogP contribution in [0.3, 0.4) is 0 Å². The van der Waals surface area contributed by atoms with Crippen LogP contribution in [0.25, 0.3) is 0 Å². The maximum Gasteiger partial charge on any atom is 0.229 e. The number of nitrogens with zero attached hydrogens (tertiary/aromatic N) is 1. The lowest BCUT2D eigenvalue weighted by Gasteiger charge is -2.36. The van der Waals surface area contributed by atoms with Crippen molar-refractivity contribution in [1.82, 2.24) is 26.4 Å². The van der Waals surface area contributed by atoms with Crippen LogP contribution in [0.2, 0.25) is 0 Å². The number of halogens is 1. The molecule has 9 heteroatoms. The Balaban J connectivity index is 1.62. The predicted octanol–water partition coefficient (Wildman–Crippen LogP) is -1.87. The quantitative estimate of drug-likeness (QED) is 0.380. The maximum absolute atomic E-state index is 12.8. The van der Waals surface area contributed by atoms with Crippen LogP contribution in [0.1, 0.15) is 13.3 Å². The van der Waals surface area contributed by atoms with E-state index in [1.54, 1.807) is 0 Å². The molecular weight excluding hydrogens is 320 g/mol. The van der Waals surface area contributed by atoms with Crippen LogP contribution in [-0.4, -0.2) is 73.6 Å². The summed E-state index contributed by atoms with van der Waals surface area (Å²) >= 11 is 6.16. The fraction of sp³-hybridized carbons (Fsp3) is 0.929. The van der Waals surface area contributed by atoms with Crippen molar-refractivity contribution in [3.63, 3.8) is 0 Å². The van der Waals surface area contributed by atoms with E-state index in [1.165, 1.54) is 0 Å². The lowest BCUT2D eigenvalue weighted by molar-refractivity contribution is -0.129. The van der Waals surface area contributed by atoms with E-state index in [0.29, 0.717) is 19.7 Å². The van der Waals surface area contributed by atoms with Gasteiger partial charge in [0.05, 0.1) is 35.8 Å². The summed E-state index contributed by atoms with van der Waals surface area (Å²) in [4.78, 5) is 12.8. The van der Waals surface area contributed by atoms with E-state index in [9.17, 15) is 4.79 Å². The highest BCUT2D eigenvalue weighted by molar-refractivity contribution is 6.21. The van der Waals surface area contributed by atoms with Crippen LogP contribution in [0.4, 0.5) is 0 Å². The van der Waals surface area contributed by atoms with Gasteiger partial charge in [-0.25, -0.2) is 10.4 Å². The molecule has 3 saturated heterocycles. The lowest BCUT2D eigenvalue weighted by atomic mass is 9.99. The van der Waals surface area contributed by atoms with E-state index in [2.05, 4.69) is 21.4 Å². The molecule has 0 aliphatic carbocycles. The number of piperidine rings is 1. The molecule has 0 spiro atoms. The van der Waals surface area contributed by atoms with Crippen LogP contribution in [-0.2, 0) is 9.53 Å². The third kappa shape index (κ3) is 3.79. The predicted molar refractivity (Wildman–Crippen MR) is 87.6 cm³/mol. The summed E-state index contributed by atoms with van der Waals surface area (Å²) in [6, 6.07) is -0.0261. The van der Waals surface area contributed by atoms with Gasteiger partial charge in [-0.05, 0) is 19.9 Å². The Labute approximate surface area is 141 Å². The Morgan fingerprint density at radius 1 is 1.48 bits per heavy atom. The van der Waals surface area contributed by atoms with E-state index in [-0.39, 0.29) is 35.5 Å². The number of alkyl halides is 1. The molecule has 3 aliphatic rings. The van der Waals surface area contributed by atoms with Gasteiger partial charge in [-0.15, -0.1) is 11.6 Å². The van der Waals surface area contributed by atoms with Crippen molar-refractivity contribution in [1.29, 1.82) is 0 Å². The Hall–Kier alpha value is -0.480. The zero-order valence-corrected chi connectivity index (χ0v) is 14.2. The summed E-state index contributed by atoms with van der Waals surface area (Å²) in [5.74, 6) is -0.403. The second-order valence-electron chi connectivity index (χ2n) is 6.39. The SMILES string of the molecule is CCOC1CCNCC1NC(=O)C1C(N)NN2CC(Cl)CNC12. The van der Waals surface area contributed by atoms with Crippen LogP contribution < -0.4 is 27.1 Å². The topological polar surface area (TPSA) is 104 Å². The second kappa shape index (κ2) is 7.60. The number of fused-ring (bicyclic) bond motifs is 1. The molecule has 6 unspecified atom stereocenters. The number of hydrazine groups is 1. The normalized spacial score (nSPS) is 41.5. The molecular formula is C14H27ClN6O2. The molecule has 6 N–H and O–H groups in total. The minimum atomic E-state index is -0.420. The Morgan fingerprint density at radius 2 is 2.30 bits per heavy atom. The Kier molecular flexibility index (Phi) is 5.74. The molecule has 3 aliphatic heterocycles. The first-order valence-electron chi connectivity index (χ1n) is 8.38. The van der Waals surface area contributed by atoms with Gasteiger partial charge in [-0.1, -0.05) is 0 Å². The molecule has 0 radical (unpaired) electrons. The van der Waals surface area contributed by atoms with Crippen molar-refractivity contribution in [2.45, 2.75) is 43.2 Å². The average Bonchev–Trinajstić information content (AvgIpc) is 2.84. The first-order chi connectivity index (χ1) is 11.1. The minimum Gasteiger partial charge on any atom is -0.376 e. The van der Waals surface area contributed by atoms with Crippen molar-refractivity contribution in [2.75, 3.05) is 32.8 Å². The van der Waals surface area contributed by atoms with Crippen LogP contribution >= 0.6 is 11.6 Å². The summed E-state index contributed by atoms with van der Waals surface area (Å²) < 4.78 is 5.76. The van der Waals surface area contributed by atoms with E-state index >= 15 is 0 Å². The number of nitrogens with two attached hydrogens (primary N) is 1. The standard InChI is InChI=1S/C14H27ClN6O2/c1-2-23-10-3-4-17-6-9(10)19-14(22)11-12(16)20-21-7-8(15)5-18-13(11)21/h8-13,17-18,20H,2-7,16H2,1H3,(H,19,22). The van der Waals surface area contributed by atoms with Gasteiger partial charge in [0.1, 0.15) is 0 Å². The Morgan fingerprint density at radius 3 is 3.09 bits per heavy atom. The van der Waals surface area contributed by atoms with Gasteiger partial charge in [-0.2, -0.15) is 0 Å². The molecule has 0 saturated carbocycles. The summed E-state index contributed by atoms with van der Waals surface area (Å²) in [6.45, 7) is 5.60. The van der Waals surface area contributed by atoms with E-state index < -0.39 is 6.17 Å². The van der Waals surface area contributed by atoms with Crippen molar-refractivity contribution in [3.05, 3.63) is 0 Å². The van der Waals surface area contributed by atoms with Gasteiger partial charge >= 0.3 is 0 Å². The summed E-state index contributed by atoms with van der Waals surface area (Å²) in [5.41, 5.74) is 9.29. The number of hydrogen-bond acceptors (Lipinski definition) is 7. The Bertz CT molecular complexity index is 426. The van der Waals surface area contributed by atoms with E-state index in [4.69, 9.17) is 22.1 Å². The van der Waals surface area contributed by atoms with Gasteiger partial charge in [0.2, 0.25) is 5.91 Å². The molecule has 0 bridgehead atoms. The molecule has 23 heavy (non-hydrogen) atoms. The number of nitrogens with one attached hydrogen (secondary N) is 4. The van der Waals surface area contributed by atoms with Crippen LogP contribution in [0.5, 0.6) is 0 Å². The zero-order chi connectivity index (χ0) is 16.4. The number of rotatable bonds is 4. The van der Waals surface area contributed by atoms with Crippen molar-refractivity contribution < 1.29 is 9.53 Å². The molecule has 8 nitrogen and oxygen atoms in total. The highest BCUT2D eigenvalue weighted by Crippen LogP contribution is 2.23. The number of hydrogen-bond donors (Lipinski definition) is 5. The fourth-order valence-electron chi connectivity index (χ4n) is 3.65. The molecule has 1 amide bonds. The third-order valence-electron chi connectivity index (χ3n) is 4.75. The van der Waals surface area contributed by atoms with Crippen molar-refractivity contribution >= 4 is 17.5 Å². The molecule has 6 atom stereocenters. The highest BCUT2D eigenvalue weighted by atomic mass is 35.5. The maximum atomic E-state index is 12.8. The monoisotopic (exact) mass is 346 g/mol. The van der Waals surface area contributed by atoms with E-state index in [1.807, 2.05) is 11.9 Å². The molecule has 132 valence electrons. The number of carbonyl (C=O) groups excluding carboxylic acids is 1. The first kappa shape index (κ1) is 17.3. The average molecular weight is 347 g/mol. The second-order valence-corrected chi connectivity index (χ2v) is 7.00. The van der Waals surface area contributed by atoms with Gasteiger partial charge in [0.25, 0.3) is 0 Å². The van der Waals surface area contributed by atoms with Crippen LogP contribution in [0.15, 0.2) is 0 Å². The summed E-state index contributed by atoms with van der Waals surface area (Å²) in [6.07, 6.45) is 0.409. The van der Waals surface area contributed by atoms with Gasteiger partial charge in [-0.3, -0.25) is 10.1 Å². The number of amides is 1. The summed E-state index contributed by atoms with van der Waals surface area (Å²) in [5, 5.41) is 11.7. The number of carbonyl (C=O) groups is 1. The third-order valence-corrected chi connectivity index (χ3v) is 5.04. The number of ether oxygens (including phenoxy) is 1. The molecule has 3 heterocycles. The van der Waals surface area contributed by atoms with Crippen molar-refractivity contribution in [3.8, 4) is 0 Å². The molecule has 0 aromatic rings. The minimum absolute atomic E-state index is 0.0117. The zero-order valence-electron chi connectivity index (χ0n) is 13.4. The van der Waals surface area contributed by atoms with Crippen molar-refractivity contribution in [2.24, 2.45) is 11.7 Å². The van der Waals surface area contributed by atoms with E-state index in [0.717, 1.165) is 19.5 Å². The summed E-state index contributed by atoms with van der Waals surface area (Å²) in [7, 11) is 0. The molecule has 3 rings (SSSR count). The fourth-order valence-corrected chi connectivity index (χ4v) is 3.89.